The molecular weight excluding hydrogens is 434 g/mol. The molecule has 0 aliphatic heterocycles. The molecule has 8 heteroatoms. The second kappa shape index (κ2) is 10.8. The van der Waals surface area contributed by atoms with Gasteiger partial charge < -0.3 is 14.4 Å². The van der Waals surface area contributed by atoms with Gasteiger partial charge in [0.25, 0.3) is 5.91 Å². The molecule has 1 aromatic heterocycles. The van der Waals surface area contributed by atoms with Gasteiger partial charge in [0, 0.05) is 18.1 Å². The van der Waals surface area contributed by atoms with Gasteiger partial charge in [-0.25, -0.2) is 4.98 Å². The number of hydrogen-bond acceptors (Lipinski definition) is 6. The molecule has 0 saturated carbocycles. The van der Waals surface area contributed by atoms with E-state index in [0.717, 1.165) is 35.6 Å². The molecule has 3 aromatic rings. The van der Waals surface area contributed by atoms with Crippen LogP contribution in [0.2, 0.25) is 5.02 Å². The maximum atomic E-state index is 13.7. The summed E-state index contributed by atoms with van der Waals surface area (Å²) in [5.41, 5.74) is 1.18. The molecular formula is C23H28ClN3O3S. The summed E-state index contributed by atoms with van der Waals surface area (Å²) in [7, 11) is 1.55. The zero-order valence-electron chi connectivity index (χ0n) is 18.4. The Morgan fingerprint density at radius 2 is 1.87 bits per heavy atom. The minimum Gasteiger partial charge on any atom is -0.496 e. The average molecular weight is 462 g/mol. The third-order valence-electron chi connectivity index (χ3n) is 5.07. The SMILES string of the molecule is CCOc1cccc2sc(N(CCN(CC)CC)C(=O)c3cc(Cl)ccc3OC)nc12. The molecule has 1 amide bonds. The molecule has 3 rings (SSSR count). The smallest absolute Gasteiger partial charge is 0.263 e. The number of nitrogens with zero attached hydrogens (tertiary/aromatic N) is 3. The maximum Gasteiger partial charge on any atom is 0.263 e. The van der Waals surface area contributed by atoms with Crippen molar-refractivity contribution in [1.29, 1.82) is 0 Å². The maximum absolute atomic E-state index is 13.7. The minimum atomic E-state index is -0.191. The first-order chi connectivity index (χ1) is 15.0. The molecule has 0 aliphatic carbocycles. The zero-order chi connectivity index (χ0) is 22.4. The predicted octanol–water partition coefficient (Wildman–Crippen LogP) is 5.35. The first-order valence-electron chi connectivity index (χ1n) is 10.4. The summed E-state index contributed by atoms with van der Waals surface area (Å²) in [4.78, 5) is 22.4. The van der Waals surface area contributed by atoms with Gasteiger partial charge in [-0.15, -0.1) is 0 Å². The molecule has 0 fully saturated rings. The van der Waals surface area contributed by atoms with Crippen LogP contribution in [-0.4, -0.2) is 55.7 Å². The van der Waals surface area contributed by atoms with Crippen molar-refractivity contribution >= 4 is 44.2 Å². The van der Waals surface area contributed by atoms with Gasteiger partial charge in [-0.2, -0.15) is 0 Å². The van der Waals surface area contributed by atoms with Crippen LogP contribution in [0, 0.1) is 0 Å². The number of benzene rings is 2. The van der Waals surface area contributed by atoms with Gasteiger partial charge in [-0.3, -0.25) is 9.69 Å². The Bertz CT molecular complexity index is 1040. The third kappa shape index (κ3) is 5.29. The summed E-state index contributed by atoms with van der Waals surface area (Å²) in [5.74, 6) is 1.01. The van der Waals surface area contributed by atoms with Gasteiger partial charge in [-0.1, -0.05) is 42.9 Å². The predicted molar refractivity (Wildman–Crippen MR) is 128 cm³/mol. The highest BCUT2D eigenvalue weighted by Crippen LogP contribution is 2.35. The van der Waals surface area contributed by atoms with E-state index >= 15 is 0 Å². The van der Waals surface area contributed by atoms with Gasteiger partial charge in [-0.05, 0) is 50.3 Å². The Labute approximate surface area is 192 Å². The number of para-hydroxylation sites is 1. The van der Waals surface area contributed by atoms with E-state index in [0.29, 0.717) is 34.6 Å². The van der Waals surface area contributed by atoms with Crippen molar-refractivity contribution in [2.24, 2.45) is 0 Å². The van der Waals surface area contributed by atoms with Crippen molar-refractivity contribution in [3.05, 3.63) is 47.0 Å². The van der Waals surface area contributed by atoms with Gasteiger partial charge in [0.1, 0.15) is 17.0 Å². The van der Waals surface area contributed by atoms with Crippen molar-refractivity contribution in [1.82, 2.24) is 9.88 Å². The molecule has 6 nitrogen and oxygen atoms in total. The second-order valence-electron chi connectivity index (χ2n) is 6.86. The molecule has 0 aliphatic rings. The number of anilines is 1. The minimum absolute atomic E-state index is 0.191. The molecule has 0 bridgehead atoms. The van der Waals surface area contributed by atoms with Gasteiger partial charge >= 0.3 is 0 Å². The van der Waals surface area contributed by atoms with Crippen LogP contribution in [0.25, 0.3) is 10.2 Å². The van der Waals surface area contributed by atoms with Crippen LogP contribution in [-0.2, 0) is 0 Å². The van der Waals surface area contributed by atoms with Gasteiger partial charge in [0.15, 0.2) is 5.13 Å². The molecule has 0 radical (unpaired) electrons. The van der Waals surface area contributed by atoms with E-state index in [9.17, 15) is 4.79 Å². The summed E-state index contributed by atoms with van der Waals surface area (Å²) < 4.78 is 12.1. The van der Waals surface area contributed by atoms with E-state index in [1.165, 1.54) is 11.3 Å². The van der Waals surface area contributed by atoms with E-state index in [2.05, 4.69) is 18.7 Å². The lowest BCUT2D eigenvalue weighted by Gasteiger charge is -2.25. The van der Waals surface area contributed by atoms with E-state index in [4.69, 9.17) is 26.1 Å². The fourth-order valence-electron chi connectivity index (χ4n) is 3.36. The number of fused-ring (bicyclic) bond motifs is 1. The normalized spacial score (nSPS) is 11.2. The Kier molecular flexibility index (Phi) is 8.12. The molecule has 0 unspecified atom stereocenters. The van der Waals surface area contributed by atoms with Crippen molar-refractivity contribution in [2.45, 2.75) is 20.8 Å². The Hall–Kier alpha value is -2.35. The molecule has 166 valence electrons. The van der Waals surface area contributed by atoms with Crippen LogP contribution >= 0.6 is 22.9 Å². The summed E-state index contributed by atoms with van der Waals surface area (Å²) in [6, 6.07) is 10.9. The lowest BCUT2D eigenvalue weighted by molar-refractivity contribution is 0.0981. The first kappa shape index (κ1) is 23.3. The molecule has 0 saturated heterocycles. The average Bonchev–Trinajstić information content (AvgIpc) is 3.21. The zero-order valence-corrected chi connectivity index (χ0v) is 19.9. The number of ether oxygens (including phenoxy) is 2. The summed E-state index contributed by atoms with van der Waals surface area (Å²) in [6.45, 7) is 9.77. The summed E-state index contributed by atoms with van der Waals surface area (Å²) >= 11 is 7.67. The molecule has 31 heavy (non-hydrogen) atoms. The summed E-state index contributed by atoms with van der Waals surface area (Å²) in [6.07, 6.45) is 0. The van der Waals surface area contributed by atoms with E-state index < -0.39 is 0 Å². The highest BCUT2D eigenvalue weighted by molar-refractivity contribution is 7.22. The van der Waals surface area contributed by atoms with Crippen molar-refractivity contribution < 1.29 is 14.3 Å². The molecule has 2 aromatic carbocycles. The Morgan fingerprint density at radius 3 is 2.55 bits per heavy atom. The van der Waals surface area contributed by atoms with Crippen LogP contribution in [0.3, 0.4) is 0 Å². The fourth-order valence-corrected chi connectivity index (χ4v) is 4.54. The largest absolute Gasteiger partial charge is 0.496 e. The number of thiazole rings is 1. The van der Waals surface area contributed by atoms with E-state index in [1.807, 2.05) is 25.1 Å². The standard InChI is InChI=1S/C23H28ClN3O3S/c1-5-26(6-2)13-14-27(22(28)17-15-16(24)11-12-18(17)29-4)23-25-21-19(30-7-3)9-8-10-20(21)31-23/h8-12,15H,5-7,13-14H2,1-4H3. The monoisotopic (exact) mass is 461 g/mol. The molecule has 1 heterocycles. The number of methoxy groups -OCH3 is 1. The first-order valence-corrected chi connectivity index (χ1v) is 11.6. The highest BCUT2D eigenvalue weighted by atomic mass is 35.5. The number of rotatable bonds is 10. The number of hydrogen-bond donors (Lipinski definition) is 0. The number of halogens is 1. The van der Waals surface area contributed by atoms with Gasteiger partial charge in [0.2, 0.25) is 0 Å². The number of amides is 1. The van der Waals surface area contributed by atoms with Gasteiger partial charge in [0.05, 0.1) is 24.0 Å². The lowest BCUT2D eigenvalue weighted by atomic mass is 10.1. The lowest BCUT2D eigenvalue weighted by Crippen LogP contribution is -2.39. The van der Waals surface area contributed by atoms with Crippen molar-refractivity contribution in [3.8, 4) is 11.5 Å². The second-order valence-corrected chi connectivity index (χ2v) is 8.31. The number of carbonyl (C=O) groups excluding carboxylic acids is 1. The van der Waals surface area contributed by atoms with Crippen molar-refractivity contribution in [3.63, 3.8) is 0 Å². The van der Waals surface area contributed by atoms with Crippen molar-refractivity contribution in [2.75, 3.05) is 44.8 Å². The molecule has 0 N–H and O–H groups in total. The third-order valence-corrected chi connectivity index (χ3v) is 6.35. The van der Waals surface area contributed by atoms with Crippen LogP contribution in [0.1, 0.15) is 31.1 Å². The fraction of sp³-hybridized carbons (Fsp3) is 0.391. The van der Waals surface area contributed by atoms with Crippen LogP contribution in [0.5, 0.6) is 11.5 Å². The van der Waals surface area contributed by atoms with Crippen LogP contribution < -0.4 is 14.4 Å². The van der Waals surface area contributed by atoms with Crippen LogP contribution in [0.4, 0.5) is 5.13 Å². The van der Waals surface area contributed by atoms with Crippen LogP contribution in [0.15, 0.2) is 36.4 Å². The number of carbonyl (C=O) groups is 1. The topological polar surface area (TPSA) is 54.9 Å². The Balaban J connectivity index is 2.04. The van der Waals surface area contributed by atoms with E-state index in [1.54, 1.807) is 30.2 Å². The Morgan fingerprint density at radius 1 is 1.10 bits per heavy atom. The quantitative estimate of drug-likeness (QED) is 0.407. The number of likely N-dealkylation sites (N-methyl/N-ethyl adjacent to an activating group) is 1. The summed E-state index contributed by atoms with van der Waals surface area (Å²) in [5, 5.41) is 1.11. The van der Waals surface area contributed by atoms with E-state index in [-0.39, 0.29) is 5.91 Å². The molecule has 0 spiro atoms. The number of aromatic nitrogens is 1. The highest BCUT2D eigenvalue weighted by Gasteiger charge is 2.25. The molecule has 0 atom stereocenters.